The Balaban J connectivity index is 2.30. The average molecular weight is 286 g/mol. The summed E-state index contributed by atoms with van der Waals surface area (Å²) in [7, 11) is 3.32. The van der Waals surface area contributed by atoms with Crippen molar-refractivity contribution >= 4 is 5.91 Å². The number of piperidine rings is 1. The van der Waals surface area contributed by atoms with Gasteiger partial charge < -0.3 is 19.7 Å². The van der Waals surface area contributed by atoms with E-state index in [4.69, 9.17) is 9.47 Å². The zero-order valence-electron chi connectivity index (χ0n) is 13.6. The quantitative estimate of drug-likeness (QED) is 0.769. The van der Waals surface area contributed by atoms with Crippen LogP contribution in [0.5, 0.6) is 0 Å². The predicted molar refractivity (Wildman–Crippen MR) is 79.8 cm³/mol. The van der Waals surface area contributed by atoms with Crippen LogP contribution in [-0.2, 0) is 14.3 Å². The molecule has 1 atom stereocenters. The van der Waals surface area contributed by atoms with Crippen LogP contribution in [0, 0.1) is 0 Å². The number of amides is 1. The van der Waals surface area contributed by atoms with Crippen LogP contribution in [0.4, 0.5) is 0 Å². The molecule has 1 saturated heterocycles. The van der Waals surface area contributed by atoms with Gasteiger partial charge in [0.05, 0.1) is 5.60 Å². The van der Waals surface area contributed by atoms with E-state index in [2.05, 4.69) is 26.1 Å². The standard InChI is InChI=1S/C15H30N2O3/c1-12(10-15(2,3)20-5)16-13-6-8-17(9-7-13)14(18)11-19-4/h12-13,16H,6-11H2,1-5H3. The molecule has 5 nitrogen and oxygen atoms in total. The highest BCUT2D eigenvalue weighted by Gasteiger charge is 2.25. The highest BCUT2D eigenvalue weighted by atomic mass is 16.5. The molecule has 0 saturated carbocycles. The van der Waals surface area contributed by atoms with Gasteiger partial charge >= 0.3 is 0 Å². The Morgan fingerprint density at radius 3 is 2.45 bits per heavy atom. The third-order valence-corrected chi connectivity index (χ3v) is 3.99. The van der Waals surface area contributed by atoms with Crippen LogP contribution in [0.15, 0.2) is 0 Å². The molecule has 1 fully saturated rings. The molecular formula is C15H30N2O3. The third kappa shape index (κ3) is 5.77. The summed E-state index contributed by atoms with van der Waals surface area (Å²) in [6, 6.07) is 0.903. The topological polar surface area (TPSA) is 50.8 Å². The van der Waals surface area contributed by atoms with Crippen LogP contribution in [0.1, 0.15) is 40.0 Å². The summed E-state index contributed by atoms with van der Waals surface area (Å²) in [4.78, 5) is 13.6. The van der Waals surface area contributed by atoms with Crippen molar-refractivity contribution in [3.05, 3.63) is 0 Å². The maximum atomic E-state index is 11.7. The van der Waals surface area contributed by atoms with E-state index in [-0.39, 0.29) is 18.1 Å². The minimum atomic E-state index is -0.0957. The summed E-state index contributed by atoms with van der Waals surface area (Å²) < 4.78 is 10.4. The number of nitrogens with one attached hydrogen (secondary N) is 1. The van der Waals surface area contributed by atoms with Gasteiger partial charge in [0.2, 0.25) is 5.91 Å². The third-order valence-electron chi connectivity index (χ3n) is 3.99. The maximum absolute atomic E-state index is 11.7. The number of ether oxygens (including phenoxy) is 2. The lowest BCUT2D eigenvalue weighted by Gasteiger charge is -2.35. The maximum Gasteiger partial charge on any atom is 0.248 e. The molecule has 0 spiro atoms. The fraction of sp³-hybridized carbons (Fsp3) is 0.933. The molecular weight excluding hydrogens is 256 g/mol. The van der Waals surface area contributed by atoms with Gasteiger partial charge in [-0.2, -0.15) is 0 Å². The van der Waals surface area contributed by atoms with E-state index in [0.717, 1.165) is 32.4 Å². The Kier molecular flexibility index (Phi) is 6.92. The molecule has 1 unspecified atom stereocenters. The summed E-state index contributed by atoms with van der Waals surface area (Å²) >= 11 is 0. The smallest absolute Gasteiger partial charge is 0.248 e. The minimum Gasteiger partial charge on any atom is -0.379 e. The number of likely N-dealkylation sites (tertiary alicyclic amines) is 1. The number of rotatable bonds is 7. The highest BCUT2D eigenvalue weighted by Crippen LogP contribution is 2.17. The van der Waals surface area contributed by atoms with Crippen molar-refractivity contribution in [3.63, 3.8) is 0 Å². The summed E-state index contributed by atoms with van der Waals surface area (Å²) in [5, 5.41) is 3.65. The van der Waals surface area contributed by atoms with Gasteiger partial charge in [0.1, 0.15) is 6.61 Å². The monoisotopic (exact) mass is 286 g/mol. The first-order valence-electron chi connectivity index (χ1n) is 7.46. The van der Waals surface area contributed by atoms with Gasteiger partial charge in [-0.3, -0.25) is 4.79 Å². The number of methoxy groups -OCH3 is 2. The zero-order valence-corrected chi connectivity index (χ0v) is 13.6. The van der Waals surface area contributed by atoms with Gasteiger partial charge in [0, 0.05) is 39.4 Å². The lowest BCUT2D eigenvalue weighted by Crippen LogP contribution is -2.49. The summed E-state index contributed by atoms with van der Waals surface area (Å²) in [5.74, 6) is 0.0968. The second-order valence-electron chi connectivity index (χ2n) is 6.32. The molecule has 1 aliphatic heterocycles. The van der Waals surface area contributed by atoms with E-state index in [1.807, 2.05) is 4.90 Å². The molecule has 0 aromatic carbocycles. The fourth-order valence-electron chi connectivity index (χ4n) is 2.79. The SMILES string of the molecule is COCC(=O)N1CCC(NC(C)CC(C)(C)OC)CC1. The van der Waals surface area contributed by atoms with Gasteiger partial charge in [0.25, 0.3) is 0 Å². The molecule has 20 heavy (non-hydrogen) atoms. The highest BCUT2D eigenvalue weighted by molar-refractivity contribution is 5.77. The number of carbonyl (C=O) groups excluding carboxylic acids is 1. The van der Waals surface area contributed by atoms with Crippen molar-refractivity contribution in [1.82, 2.24) is 10.2 Å². The average Bonchev–Trinajstić information content (AvgIpc) is 2.39. The Labute approximate surface area is 123 Å². The minimum absolute atomic E-state index is 0.0957. The zero-order chi connectivity index (χ0) is 15.2. The molecule has 0 aliphatic carbocycles. The Morgan fingerprint density at radius 1 is 1.35 bits per heavy atom. The molecule has 0 aromatic heterocycles. The van der Waals surface area contributed by atoms with Gasteiger partial charge in [-0.05, 0) is 40.0 Å². The number of hydrogen-bond donors (Lipinski definition) is 1. The normalized spacial score (nSPS) is 19.1. The molecule has 1 amide bonds. The largest absolute Gasteiger partial charge is 0.379 e. The fourth-order valence-corrected chi connectivity index (χ4v) is 2.79. The molecule has 118 valence electrons. The molecule has 1 N–H and O–H groups in total. The van der Waals surface area contributed by atoms with Crippen LogP contribution in [0.25, 0.3) is 0 Å². The van der Waals surface area contributed by atoms with Crippen molar-refractivity contribution in [2.75, 3.05) is 33.9 Å². The number of carbonyl (C=O) groups is 1. The summed E-state index contributed by atoms with van der Waals surface area (Å²) in [6.45, 7) is 8.24. The van der Waals surface area contributed by atoms with E-state index in [0.29, 0.717) is 12.1 Å². The van der Waals surface area contributed by atoms with E-state index in [1.54, 1.807) is 14.2 Å². The molecule has 0 radical (unpaired) electrons. The first-order chi connectivity index (χ1) is 9.38. The second kappa shape index (κ2) is 7.96. The first kappa shape index (κ1) is 17.4. The molecule has 1 aliphatic rings. The van der Waals surface area contributed by atoms with Crippen molar-refractivity contribution in [2.45, 2.75) is 57.7 Å². The van der Waals surface area contributed by atoms with E-state index >= 15 is 0 Å². The Hall–Kier alpha value is -0.650. The van der Waals surface area contributed by atoms with Crippen molar-refractivity contribution < 1.29 is 14.3 Å². The number of nitrogens with zero attached hydrogens (tertiary/aromatic N) is 1. The van der Waals surface area contributed by atoms with Crippen LogP contribution in [-0.4, -0.2) is 62.4 Å². The van der Waals surface area contributed by atoms with Crippen LogP contribution in [0.3, 0.4) is 0 Å². The van der Waals surface area contributed by atoms with E-state index in [9.17, 15) is 4.79 Å². The molecule has 0 aromatic rings. The Morgan fingerprint density at radius 2 is 1.95 bits per heavy atom. The number of hydrogen-bond acceptors (Lipinski definition) is 4. The molecule has 0 bridgehead atoms. The van der Waals surface area contributed by atoms with Gasteiger partial charge in [-0.1, -0.05) is 0 Å². The Bertz CT molecular complexity index is 299. The first-order valence-corrected chi connectivity index (χ1v) is 7.46. The van der Waals surface area contributed by atoms with Crippen molar-refractivity contribution in [2.24, 2.45) is 0 Å². The lowest BCUT2D eigenvalue weighted by molar-refractivity contribution is -0.136. The van der Waals surface area contributed by atoms with Gasteiger partial charge in [-0.25, -0.2) is 0 Å². The lowest BCUT2D eigenvalue weighted by atomic mass is 9.97. The van der Waals surface area contributed by atoms with Gasteiger partial charge in [-0.15, -0.1) is 0 Å². The van der Waals surface area contributed by atoms with E-state index < -0.39 is 0 Å². The van der Waals surface area contributed by atoms with Crippen LogP contribution < -0.4 is 5.32 Å². The molecule has 5 heteroatoms. The predicted octanol–water partition coefficient (Wildman–Crippen LogP) is 1.42. The summed E-state index contributed by atoms with van der Waals surface area (Å²) in [5.41, 5.74) is -0.0957. The van der Waals surface area contributed by atoms with Gasteiger partial charge in [0.15, 0.2) is 0 Å². The summed E-state index contributed by atoms with van der Waals surface area (Å²) in [6.07, 6.45) is 2.99. The van der Waals surface area contributed by atoms with Crippen LogP contribution in [0.2, 0.25) is 0 Å². The molecule has 1 heterocycles. The van der Waals surface area contributed by atoms with Crippen LogP contribution >= 0.6 is 0 Å². The van der Waals surface area contributed by atoms with Crippen molar-refractivity contribution in [1.29, 1.82) is 0 Å². The van der Waals surface area contributed by atoms with E-state index in [1.165, 1.54) is 0 Å². The van der Waals surface area contributed by atoms with Crippen molar-refractivity contribution in [3.8, 4) is 0 Å². The molecule has 1 rings (SSSR count). The second-order valence-corrected chi connectivity index (χ2v) is 6.32.